The second-order valence-corrected chi connectivity index (χ2v) is 6.32. The van der Waals surface area contributed by atoms with Crippen molar-refractivity contribution in [1.29, 1.82) is 0 Å². The molecule has 0 aromatic heterocycles. The molecule has 0 aliphatic rings. The first-order valence-electron chi connectivity index (χ1n) is 7.09. The summed E-state index contributed by atoms with van der Waals surface area (Å²) in [4.78, 5) is 22.5. The van der Waals surface area contributed by atoms with E-state index >= 15 is 0 Å². The van der Waals surface area contributed by atoms with Crippen molar-refractivity contribution in [1.82, 2.24) is 10.6 Å². The highest BCUT2D eigenvalue weighted by Gasteiger charge is 2.20. The minimum Gasteiger partial charge on any atom is -0.504 e. The third-order valence-electron chi connectivity index (χ3n) is 3.23. The van der Waals surface area contributed by atoms with E-state index in [0.29, 0.717) is 11.3 Å². The van der Waals surface area contributed by atoms with E-state index in [2.05, 4.69) is 10.6 Å². The largest absolute Gasteiger partial charge is 0.504 e. The van der Waals surface area contributed by atoms with E-state index in [-0.39, 0.29) is 23.3 Å². The average molecular weight is 342 g/mol. The summed E-state index contributed by atoms with van der Waals surface area (Å²) in [6.45, 7) is 3.22. The number of benzene rings is 1. The Morgan fingerprint density at radius 1 is 1.30 bits per heavy atom. The van der Waals surface area contributed by atoms with E-state index < -0.39 is 17.9 Å². The van der Waals surface area contributed by atoms with Crippen LogP contribution in [-0.2, 0) is 16.0 Å². The van der Waals surface area contributed by atoms with Gasteiger partial charge in [-0.2, -0.15) is 0 Å². The summed E-state index contributed by atoms with van der Waals surface area (Å²) in [5, 5.41) is 34.2. The van der Waals surface area contributed by atoms with E-state index in [0.717, 1.165) is 17.3 Å². The van der Waals surface area contributed by atoms with Gasteiger partial charge in [0.2, 0.25) is 5.91 Å². The first-order valence-corrected chi connectivity index (χ1v) is 8.08. The molecule has 0 aliphatic heterocycles. The Balaban J connectivity index is 2.89. The van der Waals surface area contributed by atoms with Crippen molar-refractivity contribution in [3.05, 3.63) is 17.7 Å². The van der Waals surface area contributed by atoms with E-state index in [1.807, 2.05) is 14.0 Å². The maximum atomic E-state index is 11.1. The number of amides is 1. The van der Waals surface area contributed by atoms with Crippen LogP contribution in [0.3, 0.4) is 0 Å². The van der Waals surface area contributed by atoms with Crippen LogP contribution in [-0.4, -0.2) is 52.1 Å². The van der Waals surface area contributed by atoms with E-state index in [4.69, 9.17) is 5.11 Å². The van der Waals surface area contributed by atoms with Crippen molar-refractivity contribution in [3.8, 4) is 11.5 Å². The molecule has 23 heavy (non-hydrogen) atoms. The molecule has 1 aromatic rings. The molecular weight excluding hydrogens is 320 g/mol. The van der Waals surface area contributed by atoms with Crippen molar-refractivity contribution >= 4 is 23.6 Å². The van der Waals surface area contributed by atoms with Crippen LogP contribution in [0.15, 0.2) is 17.0 Å². The minimum atomic E-state index is -1.16. The number of rotatable bonds is 8. The van der Waals surface area contributed by atoms with Gasteiger partial charge >= 0.3 is 5.97 Å². The number of aromatic hydroxyl groups is 2. The molecule has 7 nitrogen and oxygen atoms in total. The molecule has 0 spiro atoms. The predicted molar refractivity (Wildman–Crippen MR) is 88.0 cm³/mol. The van der Waals surface area contributed by atoms with Gasteiger partial charge in [-0.15, -0.1) is 11.8 Å². The van der Waals surface area contributed by atoms with Crippen LogP contribution >= 0.6 is 11.8 Å². The Morgan fingerprint density at radius 3 is 2.48 bits per heavy atom. The topological polar surface area (TPSA) is 119 Å². The van der Waals surface area contributed by atoms with Crippen LogP contribution in [0.5, 0.6) is 11.5 Å². The normalized spacial score (nSPS) is 13.3. The molecule has 0 heterocycles. The van der Waals surface area contributed by atoms with Gasteiger partial charge in [0.15, 0.2) is 11.5 Å². The Morgan fingerprint density at radius 2 is 1.96 bits per heavy atom. The van der Waals surface area contributed by atoms with Crippen LogP contribution in [0.2, 0.25) is 0 Å². The summed E-state index contributed by atoms with van der Waals surface area (Å²) < 4.78 is 0. The van der Waals surface area contributed by atoms with Gasteiger partial charge in [0.05, 0.1) is 4.90 Å². The highest BCUT2D eigenvalue weighted by Crippen LogP contribution is 2.37. The molecule has 0 bridgehead atoms. The van der Waals surface area contributed by atoms with Crippen LogP contribution < -0.4 is 10.6 Å². The number of phenols is 2. The molecule has 2 atom stereocenters. The molecule has 1 rings (SSSR count). The molecule has 0 saturated heterocycles. The molecule has 0 fully saturated rings. The number of phenolic OH excluding ortho intramolecular Hbond substituents is 2. The van der Waals surface area contributed by atoms with Crippen LogP contribution in [0.4, 0.5) is 0 Å². The van der Waals surface area contributed by atoms with Crippen molar-refractivity contribution in [3.63, 3.8) is 0 Å². The maximum Gasteiger partial charge on any atom is 0.327 e. The van der Waals surface area contributed by atoms with E-state index in [9.17, 15) is 19.8 Å². The van der Waals surface area contributed by atoms with Gasteiger partial charge in [-0.3, -0.25) is 4.79 Å². The van der Waals surface area contributed by atoms with E-state index in [1.54, 1.807) is 6.07 Å². The van der Waals surface area contributed by atoms with Crippen LogP contribution in [0, 0.1) is 0 Å². The lowest BCUT2D eigenvalue weighted by molar-refractivity contribution is -0.140. The summed E-state index contributed by atoms with van der Waals surface area (Å²) in [6, 6.07) is 2.30. The van der Waals surface area contributed by atoms with Gasteiger partial charge < -0.3 is 26.0 Å². The number of carboxylic acid groups (broad SMARTS) is 1. The summed E-state index contributed by atoms with van der Waals surface area (Å²) in [7, 11) is 1.82. The fourth-order valence-electron chi connectivity index (χ4n) is 1.93. The third-order valence-corrected chi connectivity index (χ3v) is 4.35. The molecule has 0 unspecified atom stereocenters. The number of carbonyl (C=O) groups is 2. The molecular formula is C15H22N2O5S. The zero-order valence-corrected chi connectivity index (χ0v) is 14.1. The van der Waals surface area contributed by atoms with Crippen LogP contribution in [0.25, 0.3) is 0 Å². The molecule has 0 aliphatic carbocycles. The highest BCUT2D eigenvalue weighted by atomic mass is 32.2. The molecule has 8 heteroatoms. The maximum absolute atomic E-state index is 11.1. The quantitative estimate of drug-likeness (QED) is 0.352. The number of carboxylic acids is 1. The lowest BCUT2D eigenvalue weighted by Gasteiger charge is -2.15. The van der Waals surface area contributed by atoms with Crippen molar-refractivity contribution < 1.29 is 24.9 Å². The molecule has 1 aromatic carbocycles. The number of thioether (sulfide) groups is 1. The summed E-state index contributed by atoms with van der Waals surface area (Å²) >= 11 is 1.06. The Bertz CT molecular complexity index is 579. The van der Waals surface area contributed by atoms with E-state index in [1.165, 1.54) is 13.0 Å². The third kappa shape index (κ3) is 5.99. The fourth-order valence-corrected chi connectivity index (χ4v) is 2.97. The SMILES string of the molecule is CN[C@H](C)Cc1cc(O)c(O)c(SC[C@@H](NC(C)=O)C(=O)O)c1. The molecule has 5 N–H and O–H groups in total. The second kappa shape index (κ2) is 8.64. The Labute approximate surface area is 139 Å². The number of nitrogens with one attached hydrogen (secondary N) is 2. The summed E-state index contributed by atoms with van der Waals surface area (Å²) in [6.07, 6.45) is 0.645. The molecule has 1 amide bonds. The number of carbonyl (C=O) groups excluding carboxylic acids is 1. The lowest BCUT2D eigenvalue weighted by atomic mass is 10.1. The Kier molecular flexibility index (Phi) is 7.18. The molecule has 128 valence electrons. The standard InChI is InChI=1S/C15H22N2O5S/c1-8(16-3)4-10-5-12(19)14(20)13(6-10)23-7-11(15(21)22)17-9(2)18/h5-6,8,11,16,19-20H,4,7H2,1-3H3,(H,17,18)(H,21,22)/t8-,11-/m1/s1. The van der Waals surface area contributed by atoms with Gasteiger partial charge in [0.1, 0.15) is 6.04 Å². The first-order chi connectivity index (χ1) is 10.7. The van der Waals surface area contributed by atoms with Crippen molar-refractivity contribution in [2.45, 2.75) is 37.2 Å². The zero-order chi connectivity index (χ0) is 17.6. The smallest absolute Gasteiger partial charge is 0.327 e. The minimum absolute atomic E-state index is 0.0347. The first kappa shape index (κ1) is 19.1. The lowest BCUT2D eigenvalue weighted by Crippen LogP contribution is -2.41. The molecule has 0 radical (unpaired) electrons. The van der Waals surface area contributed by atoms with Gasteiger partial charge in [-0.1, -0.05) is 0 Å². The molecule has 0 saturated carbocycles. The summed E-state index contributed by atoms with van der Waals surface area (Å²) in [5.41, 5.74) is 0.816. The van der Waals surface area contributed by atoms with Gasteiger partial charge in [0.25, 0.3) is 0 Å². The van der Waals surface area contributed by atoms with Gasteiger partial charge in [-0.05, 0) is 38.1 Å². The number of hydrogen-bond donors (Lipinski definition) is 5. The fraction of sp³-hybridized carbons (Fsp3) is 0.467. The summed E-state index contributed by atoms with van der Waals surface area (Å²) in [5.74, 6) is -2.10. The number of likely N-dealkylation sites (N-methyl/N-ethyl adjacent to an activating group) is 1. The van der Waals surface area contributed by atoms with Crippen LogP contribution in [0.1, 0.15) is 19.4 Å². The van der Waals surface area contributed by atoms with Gasteiger partial charge in [-0.25, -0.2) is 4.79 Å². The monoisotopic (exact) mass is 342 g/mol. The average Bonchev–Trinajstić information content (AvgIpc) is 2.47. The van der Waals surface area contributed by atoms with Gasteiger partial charge in [0, 0.05) is 18.7 Å². The predicted octanol–water partition coefficient (Wildman–Crippen LogP) is 0.930. The zero-order valence-electron chi connectivity index (χ0n) is 13.3. The number of hydrogen-bond acceptors (Lipinski definition) is 6. The van der Waals surface area contributed by atoms with Crippen molar-refractivity contribution in [2.24, 2.45) is 0 Å². The highest BCUT2D eigenvalue weighted by molar-refractivity contribution is 7.99. The number of aliphatic carboxylic acids is 1. The Hall–Kier alpha value is -1.93. The second-order valence-electron chi connectivity index (χ2n) is 5.26. The van der Waals surface area contributed by atoms with Crippen molar-refractivity contribution in [2.75, 3.05) is 12.8 Å².